The first-order valence-electron chi connectivity index (χ1n) is 8.69. The highest BCUT2D eigenvalue weighted by Crippen LogP contribution is 2.22. The Labute approximate surface area is 161 Å². The van der Waals surface area contributed by atoms with E-state index in [-0.39, 0.29) is 18.4 Å². The van der Waals surface area contributed by atoms with Crippen LogP contribution in [0.3, 0.4) is 0 Å². The third-order valence-electron chi connectivity index (χ3n) is 4.04. The predicted octanol–water partition coefficient (Wildman–Crippen LogP) is 1.78. The fraction of sp³-hybridized carbons (Fsp3) is 0.444. The minimum absolute atomic E-state index is 0.203. The molecule has 144 valence electrons. The summed E-state index contributed by atoms with van der Waals surface area (Å²) in [5, 5.41) is 18.9. The van der Waals surface area contributed by atoms with E-state index < -0.39 is 11.2 Å². The number of aliphatic carboxylic acids is 1. The first-order chi connectivity index (χ1) is 13.1. The van der Waals surface area contributed by atoms with Gasteiger partial charge in [-0.3, -0.25) is 9.59 Å². The highest BCUT2D eigenvalue weighted by Gasteiger charge is 2.32. The normalized spacial score (nSPS) is 24.0. The number of hydrogen-bond acceptors (Lipinski definition) is 7. The van der Waals surface area contributed by atoms with Gasteiger partial charge >= 0.3 is 5.97 Å². The molecule has 3 rings (SSSR count). The average Bonchev–Trinajstić information content (AvgIpc) is 3.25. The van der Waals surface area contributed by atoms with E-state index in [2.05, 4.69) is 15.5 Å². The number of hydrogen-bond donors (Lipinski definition) is 2. The van der Waals surface area contributed by atoms with Crippen molar-refractivity contribution >= 4 is 35.0 Å². The van der Waals surface area contributed by atoms with Gasteiger partial charge in [0.05, 0.1) is 32.0 Å². The van der Waals surface area contributed by atoms with Crippen LogP contribution in [-0.2, 0) is 25.7 Å². The number of carbonyl (C=O) groups is 2. The Bertz CT molecular complexity index is 746. The Balaban J connectivity index is 1.50. The van der Waals surface area contributed by atoms with Crippen molar-refractivity contribution in [2.45, 2.75) is 37.2 Å². The number of thioether (sulfide) groups is 1. The molecule has 1 aromatic rings. The largest absolute Gasteiger partial charge is 0.481 e. The molecule has 0 radical (unpaired) electrons. The zero-order chi connectivity index (χ0) is 19.1. The van der Waals surface area contributed by atoms with Gasteiger partial charge in [-0.25, -0.2) is 0 Å². The molecule has 1 aromatic carbocycles. The summed E-state index contributed by atoms with van der Waals surface area (Å²) < 4.78 is 11.2. The van der Waals surface area contributed by atoms with Crippen LogP contribution < -0.4 is 5.32 Å². The lowest BCUT2D eigenvalue weighted by Gasteiger charge is -2.10. The molecule has 2 saturated heterocycles. The zero-order valence-electron chi connectivity index (χ0n) is 14.7. The molecule has 27 heavy (non-hydrogen) atoms. The topological polar surface area (TPSA) is 110 Å². The first-order valence-corrected chi connectivity index (χ1v) is 9.57. The smallest absolute Gasteiger partial charge is 0.305 e. The van der Waals surface area contributed by atoms with Gasteiger partial charge in [-0.2, -0.15) is 5.10 Å². The molecule has 2 unspecified atom stereocenters. The lowest BCUT2D eigenvalue weighted by molar-refractivity contribution is -0.138. The van der Waals surface area contributed by atoms with Crippen molar-refractivity contribution in [1.29, 1.82) is 0 Å². The van der Waals surface area contributed by atoms with Crippen LogP contribution in [0.2, 0.25) is 0 Å². The molecule has 2 aliphatic rings. The summed E-state index contributed by atoms with van der Waals surface area (Å²) in [6.07, 6.45) is 3.68. The van der Waals surface area contributed by atoms with Gasteiger partial charge in [-0.1, -0.05) is 30.0 Å². The maximum Gasteiger partial charge on any atom is 0.305 e. The highest BCUT2D eigenvalue weighted by atomic mass is 32.2. The summed E-state index contributed by atoms with van der Waals surface area (Å²) in [4.78, 5) is 22.4. The Morgan fingerprint density at radius 2 is 2.37 bits per heavy atom. The van der Waals surface area contributed by atoms with E-state index in [1.807, 2.05) is 24.3 Å². The van der Waals surface area contributed by atoms with Crippen molar-refractivity contribution in [3.05, 3.63) is 35.4 Å². The molecule has 0 aliphatic carbocycles. The van der Waals surface area contributed by atoms with E-state index in [0.29, 0.717) is 18.4 Å². The summed E-state index contributed by atoms with van der Waals surface area (Å²) in [5.74, 6) is -1.38. The number of nitrogens with zero attached hydrogens (tertiary/aromatic N) is 2. The van der Waals surface area contributed by atoms with Crippen LogP contribution >= 0.6 is 11.8 Å². The zero-order valence-corrected chi connectivity index (χ0v) is 15.5. The van der Waals surface area contributed by atoms with E-state index in [1.165, 1.54) is 0 Å². The Kier molecular flexibility index (Phi) is 6.97. The number of amidine groups is 1. The van der Waals surface area contributed by atoms with Gasteiger partial charge < -0.3 is 19.9 Å². The van der Waals surface area contributed by atoms with Gasteiger partial charge in [0, 0.05) is 6.61 Å². The summed E-state index contributed by atoms with van der Waals surface area (Å²) in [6.45, 7) is 1.91. The number of ether oxygens (including phenoxy) is 2. The Morgan fingerprint density at radius 3 is 3.15 bits per heavy atom. The molecule has 2 aliphatic heterocycles. The molecular formula is C18H21N3O5S. The molecular weight excluding hydrogens is 370 g/mol. The van der Waals surface area contributed by atoms with Crippen LogP contribution in [-0.4, -0.2) is 52.9 Å². The van der Waals surface area contributed by atoms with E-state index in [0.717, 1.165) is 42.3 Å². The van der Waals surface area contributed by atoms with Gasteiger partial charge in [0.25, 0.3) is 0 Å². The molecule has 2 fully saturated rings. The number of carboxylic acid groups (broad SMARTS) is 1. The highest BCUT2D eigenvalue weighted by molar-refractivity contribution is 8.15. The second-order valence-electron chi connectivity index (χ2n) is 6.24. The van der Waals surface area contributed by atoms with Crippen LogP contribution in [0.15, 0.2) is 34.5 Å². The summed E-state index contributed by atoms with van der Waals surface area (Å²) in [5.41, 5.74) is 1.88. The van der Waals surface area contributed by atoms with E-state index in [9.17, 15) is 9.59 Å². The summed E-state index contributed by atoms with van der Waals surface area (Å²) >= 11 is 1.07. The van der Waals surface area contributed by atoms with Gasteiger partial charge in [0.2, 0.25) is 5.91 Å². The number of amides is 1. The predicted molar refractivity (Wildman–Crippen MR) is 102 cm³/mol. The monoisotopic (exact) mass is 391 g/mol. The lowest BCUT2D eigenvalue weighted by Crippen LogP contribution is -2.26. The third-order valence-corrected chi connectivity index (χ3v) is 5.11. The molecule has 2 N–H and O–H groups in total. The minimum atomic E-state index is -1.02. The van der Waals surface area contributed by atoms with E-state index >= 15 is 0 Å². The molecule has 2 atom stereocenters. The first kappa shape index (κ1) is 19.5. The number of benzene rings is 1. The van der Waals surface area contributed by atoms with E-state index in [4.69, 9.17) is 14.6 Å². The van der Waals surface area contributed by atoms with E-state index in [1.54, 1.807) is 6.21 Å². The number of rotatable bonds is 8. The van der Waals surface area contributed by atoms with Crippen LogP contribution in [0.4, 0.5) is 0 Å². The van der Waals surface area contributed by atoms with Crippen LogP contribution in [0.25, 0.3) is 0 Å². The fourth-order valence-electron chi connectivity index (χ4n) is 2.74. The summed E-state index contributed by atoms with van der Waals surface area (Å²) in [7, 11) is 0. The van der Waals surface area contributed by atoms with Gasteiger partial charge in [0.1, 0.15) is 5.25 Å². The number of nitrogens with one attached hydrogen (secondary N) is 1. The Hall–Kier alpha value is -2.23. The van der Waals surface area contributed by atoms with Crippen molar-refractivity contribution in [2.75, 3.05) is 13.2 Å². The van der Waals surface area contributed by atoms with Gasteiger partial charge in [-0.05, 0) is 30.0 Å². The molecule has 0 bridgehead atoms. The third kappa shape index (κ3) is 6.16. The SMILES string of the molecule is O=C(O)CC1SC(=NN=Cc2cccc(COCC3CCCO3)c2)NC1=O. The second-order valence-corrected chi connectivity index (χ2v) is 7.43. The van der Waals surface area contributed by atoms with Crippen molar-refractivity contribution < 1.29 is 24.2 Å². The maximum absolute atomic E-state index is 11.6. The van der Waals surface area contributed by atoms with Crippen molar-refractivity contribution in [1.82, 2.24) is 5.32 Å². The molecule has 9 heteroatoms. The molecule has 8 nitrogen and oxygen atoms in total. The molecule has 1 amide bonds. The van der Waals surface area contributed by atoms with Crippen molar-refractivity contribution in [2.24, 2.45) is 10.2 Å². The minimum Gasteiger partial charge on any atom is -0.481 e. The molecule has 0 spiro atoms. The Morgan fingerprint density at radius 1 is 1.48 bits per heavy atom. The van der Waals surface area contributed by atoms with Crippen molar-refractivity contribution in [3.63, 3.8) is 0 Å². The van der Waals surface area contributed by atoms with Crippen molar-refractivity contribution in [3.8, 4) is 0 Å². The quantitative estimate of drug-likeness (QED) is 0.516. The number of carboxylic acids is 1. The van der Waals surface area contributed by atoms with Crippen LogP contribution in [0.5, 0.6) is 0 Å². The van der Waals surface area contributed by atoms with Crippen LogP contribution in [0.1, 0.15) is 30.4 Å². The average molecular weight is 391 g/mol. The summed E-state index contributed by atoms with van der Waals surface area (Å²) in [6, 6.07) is 7.73. The molecule has 0 aromatic heterocycles. The van der Waals surface area contributed by atoms with Gasteiger partial charge in [-0.15, -0.1) is 5.10 Å². The maximum atomic E-state index is 11.6. The molecule has 0 saturated carbocycles. The van der Waals surface area contributed by atoms with Gasteiger partial charge in [0.15, 0.2) is 5.17 Å². The lowest BCUT2D eigenvalue weighted by atomic mass is 10.1. The second kappa shape index (κ2) is 9.63. The standard InChI is InChI=1S/C18H21N3O5S/c22-16(23)8-15-17(24)20-18(27-15)21-19-9-12-3-1-4-13(7-12)10-25-11-14-5-2-6-26-14/h1,3-4,7,9,14-15H,2,5-6,8,10-11H2,(H,22,23)(H,20,21,24). The number of carbonyl (C=O) groups excluding carboxylic acids is 1. The fourth-order valence-corrected chi connectivity index (χ4v) is 3.66. The molecule has 2 heterocycles. The van der Waals surface area contributed by atoms with Crippen LogP contribution in [0, 0.1) is 0 Å².